The Balaban J connectivity index is 0.920. The van der Waals surface area contributed by atoms with Crippen LogP contribution in [0.15, 0.2) is 89.9 Å². The van der Waals surface area contributed by atoms with Gasteiger partial charge in [-0.1, -0.05) is 82.2 Å². The third-order valence-electron chi connectivity index (χ3n) is 15.3. The fourth-order valence-electron chi connectivity index (χ4n) is 11.0. The van der Waals surface area contributed by atoms with Gasteiger partial charge in [-0.3, -0.25) is 38.7 Å². The maximum Gasteiger partial charge on any atom is 0.261 e. The minimum absolute atomic E-state index is 0.0489. The summed E-state index contributed by atoms with van der Waals surface area (Å²) in [7, 11) is 3.01. The number of rotatable bonds is 25. The number of carbonyl (C=O) groups is 6. The summed E-state index contributed by atoms with van der Waals surface area (Å²) in [5.74, 6) is -0.724. The summed E-state index contributed by atoms with van der Waals surface area (Å²) < 4.78 is 24.5. The van der Waals surface area contributed by atoms with Crippen LogP contribution in [0.3, 0.4) is 0 Å². The predicted octanol–water partition coefficient (Wildman–Crippen LogP) is 9.55. The van der Waals surface area contributed by atoms with E-state index in [0.29, 0.717) is 69.6 Å². The molecule has 5 aromatic rings. The van der Waals surface area contributed by atoms with Crippen LogP contribution in [0.2, 0.25) is 0 Å². The van der Waals surface area contributed by atoms with Crippen molar-refractivity contribution in [1.82, 2.24) is 16.0 Å². The number of benzene rings is 5. The lowest BCUT2D eigenvalue weighted by atomic mass is 10.0. The fraction of sp³-hybridized carbons (Fsp3) is 0.413. The van der Waals surface area contributed by atoms with Gasteiger partial charge < -0.3 is 45.1 Å². The fourth-order valence-corrected chi connectivity index (χ4v) is 11.0. The molecule has 4 aliphatic heterocycles. The van der Waals surface area contributed by atoms with E-state index < -0.39 is 29.8 Å². The molecule has 0 fully saturated rings. The van der Waals surface area contributed by atoms with Crippen molar-refractivity contribution in [2.45, 2.75) is 142 Å². The number of hydrogen-bond acceptors (Lipinski definition) is 12. The zero-order chi connectivity index (χ0) is 56.5. The number of para-hydroxylation sites is 1. The first kappa shape index (κ1) is 56.5. The number of Topliss-reactive ketones (excluding diaryl/α,β-unsaturated/α-hetero) is 1. The van der Waals surface area contributed by atoms with Crippen molar-refractivity contribution in [1.29, 1.82) is 0 Å². The van der Waals surface area contributed by atoms with Crippen LogP contribution in [0.5, 0.6) is 23.0 Å². The molecule has 420 valence electrons. The highest BCUT2D eigenvalue weighted by Crippen LogP contribution is 2.43. The Morgan fingerprint density at radius 1 is 0.675 bits per heavy atom. The standard InChI is InChI=1S/C63H73N7O10/c1-7-8-9-10-11-12-13-14-17-41-20-21-54-45(25-41)29-48-35-66-52-33-58(56(78-6)31-50(52)63(76)70(48)54)80-37-43-24-42(26-46(27-43)61(74)68-40(4)60(73)67-39(3)59(72)64-23-22-38(2)71)36-79-57-32-51-49(30-55(57)77-5)62(75)69-47(34-65-51)28-44-18-15-16-19-53(44)69/h15-16,18-21,24-27,30-34,39-40,47-48,66H,7-14,17,22-23,28-29,35-37H2,1-6H3,(H,64,72)(H,67,73)(H,68,74)/t39-,40-,47-,48-/m0/s1. The third kappa shape index (κ3) is 12.9. The molecule has 0 aliphatic carbocycles. The molecule has 5 aromatic carbocycles. The monoisotopic (exact) mass is 1090 g/mol. The molecule has 0 aromatic heterocycles. The van der Waals surface area contributed by atoms with Crippen LogP contribution in [0, 0.1) is 0 Å². The number of ether oxygens (including phenoxy) is 4. The number of anilines is 3. The predicted molar refractivity (Wildman–Crippen MR) is 308 cm³/mol. The Labute approximate surface area is 468 Å². The molecular formula is C63H73N7O10. The van der Waals surface area contributed by atoms with E-state index in [-0.39, 0.29) is 61.4 Å². The number of carbonyl (C=O) groups excluding carboxylic acids is 6. The first-order valence-corrected chi connectivity index (χ1v) is 28.1. The van der Waals surface area contributed by atoms with Crippen molar-refractivity contribution >= 4 is 64.3 Å². The quantitative estimate of drug-likeness (QED) is 0.0405. The molecule has 0 saturated heterocycles. The highest BCUT2D eigenvalue weighted by Gasteiger charge is 2.39. The van der Waals surface area contributed by atoms with Crippen molar-refractivity contribution in [3.05, 3.63) is 129 Å². The number of amides is 5. The van der Waals surface area contributed by atoms with E-state index in [0.717, 1.165) is 36.2 Å². The zero-order valence-corrected chi connectivity index (χ0v) is 46.7. The average molecular weight is 1090 g/mol. The van der Waals surface area contributed by atoms with E-state index >= 15 is 0 Å². The van der Waals surface area contributed by atoms with E-state index in [1.807, 2.05) is 35.2 Å². The molecular weight excluding hydrogens is 1010 g/mol. The van der Waals surface area contributed by atoms with Crippen LogP contribution >= 0.6 is 0 Å². The third-order valence-corrected chi connectivity index (χ3v) is 15.3. The van der Waals surface area contributed by atoms with Crippen LogP contribution in [0.1, 0.15) is 144 Å². The van der Waals surface area contributed by atoms with Gasteiger partial charge in [0.05, 0.1) is 48.8 Å². The molecule has 4 aliphatic rings. The first-order chi connectivity index (χ1) is 38.7. The molecule has 0 unspecified atom stereocenters. The molecule has 9 rings (SSSR count). The van der Waals surface area contributed by atoms with Gasteiger partial charge in [-0.2, -0.15) is 0 Å². The minimum Gasteiger partial charge on any atom is -0.493 e. The smallest absolute Gasteiger partial charge is 0.261 e. The van der Waals surface area contributed by atoms with Crippen LogP contribution in [-0.4, -0.2) is 93.0 Å². The number of unbranched alkanes of at least 4 members (excludes halogenated alkanes) is 7. The maximum atomic E-state index is 14.5. The molecule has 4 N–H and O–H groups in total. The van der Waals surface area contributed by atoms with Crippen molar-refractivity contribution in [2.75, 3.05) is 42.4 Å². The summed E-state index contributed by atoms with van der Waals surface area (Å²) in [6.07, 6.45) is 14.6. The van der Waals surface area contributed by atoms with Crippen LogP contribution in [-0.2, 0) is 46.9 Å². The van der Waals surface area contributed by atoms with Gasteiger partial charge in [0.15, 0.2) is 23.0 Å². The maximum absolute atomic E-state index is 14.5. The Bertz CT molecular complexity index is 3190. The lowest BCUT2D eigenvalue weighted by molar-refractivity contribution is -0.129. The van der Waals surface area contributed by atoms with Gasteiger partial charge in [-0.25, -0.2) is 0 Å². The second-order valence-electron chi connectivity index (χ2n) is 21.3. The molecule has 4 heterocycles. The number of methoxy groups -OCH3 is 2. The topological polar surface area (TPSA) is 206 Å². The van der Waals surface area contributed by atoms with Gasteiger partial charge in [0, 0.05) is 61.2 Å². The Morgan fingerprint density at radius 2 is 1.32 bits per heavy atom. The SMILES string of the molecule is CCCCCCCCCCc1ccc2c(c1)C[C@H]1CNc3cc(OCc4cc(COc5cc6c(cc5OC)C(=O)N5c7ccccc7C[C@H]5C=N6)cc(C(=O)N[C@@H](C)C(=O)N[C@@H](C)C(=O)NCCC(C)=O)c4)c(OC)cc3C(=O)N21. The number of fused-ring (bicyclic) bond motifs is 8. The molecule has 17 nitrogen and oxygen atoms in total. The molecule has 0 saturated carbocycles. The molecule has 0 radical (unpaired) electrons. The van der Waals surface area contributed by atoms with E-state index in [1.54, 1.807) is 47.5 Å². The molecule has 4 atom stereocenters. The zero-order valence-electron chi connectivity index (χ0n) is 46.7. The second kappa shape index (κ2) is 25.7. The minimum atomic E-state index is -1.06. The lowest BCUT2D eigenvalue weighted by Gasteiger charge is -2.23. The van der Waals surface area contributed by atoms with Crippen LogP contribution in [0.25, 0.3) is 0 Å². The van der Waals surface area contributed by atoms with E-state index in [2.05, 4.69) is 46.4 Å². The summed E-state index contributed by atoms with van der Waals surface area (Å²) in [6, 6.07) is 23.9. The van der Waals surface area contributed by atoms with Gasteiger partial charge in [0.1, 0.15) is 31.1 Å². The van der Waals surface area contributed by atoms with Crippen molar-refractivity contribution in [3.63, 3.8) is 0 Å². The highest BCUT2D eigenvalue weighted by atomic mass is 16.5. The van der Waals surface area contributed by atoms with Crippen LogP contribution in [0.4, 0.5) is 22.7 Å². The van der Waals surface area contributed by atoms with Gasteiger partial charge in [0.2, 0.25) is 11.8 Å². The largest absolute Gasteiger partial charge is 0.493 e. The summed E-state index contributed by atoms with van der Waals surface area (Å²) in [6.45, 7) is 7.25. The summed E-state index contributed by atoms with van der Waals surface area (Å²) in [5, 5.41) is 11.5. The van der Waals surface area contributed by atoms with Gasteiger partial charge in [-0.05, 0) is 110 Å². The van der Waals surface area contributed by atoms with Crippen molar-refractivity contribution < 1.29 is 47.7 Å². The van der Waals surface area contributed by atoms with E-state index in [4.69, 9.17) is 23.9 Å². The lowest BCUT2D eigenvalue weighted by Crippen LogP contribution is -2.51. The summed E-state index contributed by atoms with van der Waals surface area (Å²) >= 11 is 0. The molecule has 0 bridgehead atoms. The van der Waals surface area contributed by atoms with Crippen molar-refractivity contribution in [2.24, 2.45) is 4.99 Å². The first-order valence-electron chi connectivity index (χ1n) is 28.1. The van der Waals surface area contributed by atoms with Crippen LogP contribution < -0.4 is 50.0 Å². The number of nitrogens with zero attached hydrogens (tertiary/aromatic N) is 3. The molecule has 0 spiro atoms. The molecule has 17 heteroatoms. The molecule has 5 amide bonds. The Morgan fingerprint density at radius 3 is 2.04 bits per heavy atom. The second-order valence-corrected chi connectivity index (χ2v) is 21.3. The Hall–Kier alpha value is -8.21. The Kier molecular flexibility index (Phi) is 18.2. The van der Waals surface area contributed by atoms with E-state index in [1.165, 1.54) is 91.1 Å². The van der Waals surface area contributed by atoms with Crippen molar-refractivity contribution in [3.8, 4) is 23.0 Å². The number of hydrogen-bond donors (Lipinski definition) is 4. The number of aliphatic imine (C=N–C) groups is 1. The summed E-state index contributed by atoms with van der Waals surface area (Å²) in [5.41, 5.74) is 8.49. The highest BCUT2D eigenvalue weighted by molar-refractivity contribution is 6.15. The summed E-state index contributed by atoms with van der Waals surface area (Å²) in [4.78, 5) is 88.4. The van der Waals surface area contributed by atoms with Gasteiger partial charge >= 0.3 is 0 Å². The number of ketones is 1. The van der Waals surface area contributed by atoms with Gasteiger partial charge in [0.25, 0.3) is 17.7 Å². The normalized spacial score (nSPS) is 16.3. The molecule has 80 heavy (non-hydrogen) atoms. The number of aryl methyl sites for hydroxylation is 1. The van der Waals surface area contributed by atoms with Gasteiger partial charge in [-0.15, -0.1) is 0 Å². The average Bonchev–Trinajstić information content (AvgIpc) is 4.03. The van der Waals surface area contributed by atoms with E-state index in [9.17, 15) is 28.8 Å². The number of nitrogens with one attached hydrogen (secondary N) is 4.